The zero-order valence-corrected chi connectivity index (χ0v) is 8.79. The van der Waals surface area contributed by atoms with Gasteiger partial charge < -0.3 is 5.73 Å². The summed E-state index contributed by atoms with van der Waals surface area (Å²) in [4.78, 5) is 0. The second-order valence-corrected chi connectivity index (χ2v) is 4.74. The van der Waals surface area contributed by atoms with Gasteiger partial charge in [0, 0.05) is 12.7 Å². The van der Waals surface area contributed by atoms with Gasteiger partial charge in [-0.15, -0.1) is 0 Å². The van der Waals surface area contributed by atoms with Crippen molar-refractivity contribution < 1.29 is 13.0 Å². The number of aromatic nitrogens is 2. The van der Waals surface area contributed by atoms with Gasteiger partial charge in [0.05, 0.1) is 5.75 Å². The van der Waals surface area contributed by atoms with Crippen molar-refractivity contribution >= 4 is 27.5 Å². The number of anilines is 1. The van der Waals surface area contributed by atoms with E-state index in [1.54, 1.807) is 0 Å². The molecule has 0 saturated heterocycles. The van der Waals surface area contributed by atoms with E-state index in [0.29, 0.717) is 11.6 Å². The smallest absolute Gasteiger partial charge is 0.264 e. The molecule has 0 aromatic carbocycles. The molecule has 14 heavy (non-hydrogen) atoms. The molecular weight excluding hydrogens is 230 g/mol. The minimum atomic E-state index is -3.90. The summed E-state index contributed by atoms with van der Waals surface area (Å²) in [7, 11) is -3.90. The van der Waals surface area contributed by atoms with Gasteiger partial charge in [-0.1, -0.05) is 11.6 Å². The Morgan fingerprint density at radius 1 is 1.64 bits per heavy atom. The van der Waals surface area contributed by atoms with E-state index >= 15 is 0 Å². The Balaban J connectivity index is 2.47. The lowest BCUT2D eigenvalue weighted by molar-refractivity contribution is 0.476. The molecule has 1 rings (SSSR count). The predicted molar refractivity (Wildman–Crippen MR) is 52.7 cm³/mol. The lowest BCUT2D eigenvalue weighted by atomic mass is 10.5. The Morgan fingerprint density at radius 3 is 2.71 bits per heavy atom. The molecule has 0 spiro atoms. The Morgan fingerprint density at radius 2 is 2.29 bits per heavy atom. The quantitative estimate of drug-likeness (QED) is 0.741. The van der Waals surface area contributed by atoms with Crippen molar-refractivity contribution in [3.8, 4) is 0 Å². The van der Waals surface area contributed by atoms with Gasteiger partial charge in [-0.05, 0) is 6.42 Å². The van der Waals surface area contributed by atoms with Crippen LogP contribution in [0.25, 0.3) is 0 Å². The monoisotopic (exact) mass is 239 g/mol. The Kier molecular flexibility index (Phi) is 3.35. The number of hydrogen-bond acceptors (Lipinski definition) is 4. The van der Waals surface area contributed by atoms with Crippen LogP contribution in [0, 0.1) is 0 Å². The fourth-order valence-corrected chi connectivity index (χ4v) is 1.58. The van der Waals surface area contributed by atoms with E-state index < -0.39 is 10.1 Å². The Bertz CT molecular complexity index is 394. The normalized spacial score (nSPS) is 11.9. The van der Waals surface area contributed by atoms with Crippen LogP contribution >= 0.6 is 11.6 Å². The summed E-state index contributed by atoms with van der Waals surface area (Å²) in [5.74, 6) is -0.0942. The molecule has 0 fully saturated rings. The highest BCUT2D eigenvalue weighted by Gasteiger charge is 2.06. The molecule has 0 radical (unpaired) electrons. The van der Waals surface area contributed by atoms with Crippen LogP contribution in [0.4, 0.5) is 5.82 Å². The van der Waals surface area contributed by atoms with Gasteiger partial charge >= 0.3 is 0 Å². The maximum Gasteiger partial charge on any atom is 0.264 e. The van der Waals surface area contributed by atoms with Crippen LogP contribution in [0.5, 0.6) is 0 Å². The van der Waals surface area contributed by atoms with E-state index in [4.69, 9.17) is 21.9 Å². The van der Waals surface area contributed by atoms with Crippen LogP contribution in [0.1, 0.15) is 6.42 Å². The van der Waals surface area contributed by atoms with Crippen LogP contribution in [0.2, 0.25) is 5.02 Å². The van der Waals surface area contributed by atoms with Gasteiger partial charge in [-0.25, -0.2) is 0 Å². The molecule has 0 atom stereocenters. The summed E-state index contributed by atoms with van der Waals surface area (Å²) in [5, 5.41) is 4.15. The fraction of sp³-hybridized carbons (Fsp3) is 0.500. The van der Waals surface area contributed by atoms with Crippen molar-refractivity contribution in [3.05, 3.63) is 11.2 Å². The number of nitrogens with zero attached hydrogens (tertiary/aromatic N) is 2. The lowest BCUT2D eigenvalue weighted by Crippen LogP contribution is -2.08. The SMILES string of the molecule is Nc1nn(CCCS(=O)(=O)O)cc1Cl. The van der Waals surface area contributed by atoms with E-state index in [1.807, 2.05) is 0 Å². The summed E-state index contributed by atoms with van der Waals surface area (Å²) in [5.41, 5.74) is 5.37. The van der Waals surface area contributed by atoms with Gasteiger partial charge in [0.15, 0.2) is 5.82 Å². The van der Waals surface area contributed by atoms with Gasteiger partial charge in [0.25, 0.3) is 10.1 Å². The number of hydrogen-bond donors (Lipinski definition) is 2. The highest BCUT2D eigenvalue weighted by molar-refractivity contribution is 7.85. The maximum absolute atomic E-state index is 10.4. The van der Waals surface area contributed by atoms with Gasteiger partial charge in [0.1, 0.15) is 5.02 Å². The Labute approximate surface area is 86.4 Å². The van der Waals surface area contributed by atoms with Gasteiger partial charge in [-0.3, -0.25) is 9.23 Å². The molecule has 1 aromatic heterocycles. The summed E-state index contributed by atoms with van der Waals surface area (Å²) >= 11 is 5.62. The van der Waals surface area contributed by atoms with Crippen molar-refractivity contribution in [2.75, 3.05) is 11.5 Å². The number of aryl methyl sites for hydroxylation is 1. The van der Waals surface area contributed by atoms with Crippen LogP contribution < -0.4 is 5.73 Å². The Hall–Kier alpha value is -0.790. The summed E-state index contributed by atoms with van der Waals surface area (Å²) < 4.78 is 30.6. The molecule has 3 N–H and O–H groups in total. The predicted octanol–water partition coefficient (Wildman–Crippen LogP) is 0.397. The summed E-state index contributed by atoms with van der Waals surface area (Å²) in [6, 6.07) is 0. The first-order chi connectivity index (χ1) is 6.38. The zero-order chi connectivity index (χ0) is 10.8. The van der Waals surface area contributed by atoms with Gasteiger partial charge in [0.2, 0.25) is 0 Å². The number of rotatable bonds is 4. The molecule has 0 amide bonds. The average Bonchev–Trinajstić information content (AvgIpc) is 2.28. The minimum absolute atomic E-state index is 0.207. The molecule has 0 bridgehead atoms. The van der Waals surface area contributed by atoms with E-state index in [2.05, 4.69) is 5.10 Å². The van der Waals surface area contributed by atoms with E-state index in [9.17, 15) is 8.42 Å². The largest absolute Gasteiger partial charge is 0.381 e. The molecular formula is C6H10ClN3O3S. The second kappa shape index (κ2) is 4.16. The minimum Gasteiger partial charge on any atom is -0.381 e. The molecule has 6 nitrogen and oxygen atoms in total. The fourth-order valence-electron chi connectivity index (χ4n) is 0.935. The topological polar surface area (TPSA) is 98.2 Å². The second-order valence-electron chi connectivity index (χ2n) is 2.76. The number of nitrogens with two attached hydrogens (primary N) is 1. The first-order valence-corrected chi connectivity index (χ1v) is 5.81. The van der Waals surface area contributed by atoms with Crippen LogP contribution in [-0.4, -0.2) is 28.5 Å². The maximum atomic E-state index is 10.4. The highest BCUT2D eigenvalue weighted by Crippen LogP contribution is 2.15. The molecule has 1 heterocycles. The van der Waals surface area contributed by atoms with Crippen LogP contribution in [-0.2, 0) is 16.7 Å². The molecule has 0 aliphatic rings. The lowest BCUT2D eigenvalue weighted by Gasteiger charge is -1.98. The highest BCUT2D eigenvalue weighted by atomic mass is 35.5. The molecule has 0 unspecified atom stereocenters. The van der Waals surface area contributed by atoms with Crippen molar-refractivity contribution in [3.63, 3.8) is 0 Å². The molecule has 1 aromatic rings. The van der Waals surface area contributed by atoms with Crippen molar-refractivity contribution in [2.45, 2.75) is 13.0 Å². The third-order valence-electron chi connectivity index (χ3n) is 1.53. The number of halogens is 1. The van der Waals surface area contributed by atoms with E-state index in [1.165, 1.54) is 10.9 Å². The molecule has 0 aliphatic carbocycles. The molecule has 0 saturated carbocycles. The standard InChI is InChI=1S/C6H10ClN3O3S/c7-5-4-10(9-6(5)8)2-1-3-14(11,12)13/h4H,1-3H2,(H2,8,9)(H,11,12,13). The van der Waals surface area contributed by atoms with Crippen molar-refractivity contribution in [1.29, 1.82) is 0 Å². The van der Waals surface area contributed by atoms with Gasteiger partial charge in [-0.2, -0.15) is 13.5 Å². The number of nitrogen functional groups attached to an aromatic ring is 1. The van der Waals surface area contributed by atoms with Crippen molar-refractivity contribution in [2.24, 2.45) is 0 Å². The average molecular weight is 240 g/mol. The molecule has 80 valence electrons. The zero-order valence-electron chi connectivity index (χ0n) is 7.22. The van der Waals surface area contributed by atoms with Crippen LogP contribution in [0.3, 0.4) is 0 Å². The first kappa shape index (κ1) is 11.3. The summed E-state index contributed by atoms with van der Waals surface area (Å²) in [6.07, 6.45) is 1.76. The third-order valence-corrected chi connectivity index (χ3v) is 2.63. The van der Waals surface area contributed by atoms with E-state index in [0.717, 1.165) is 0 Å². The van der Waals surface area contributed by atoms with Crippen molar-refractivity contribution in [1.82, 2.24) is 9.78 Å². The molecule has 0 aliphatic heterocycles. The van der Waals surface area contributed by atoms with E-state index in [-0.39, 0.29) is 18.0 Å². The molecule has 8 heteroatoms. The first-order valence-electron chi connectivity index (χ1n) is 3.82. The summed E-state index contributed by atoms with van der Waals surface area (Å²) in [6.45, 7) is 0.344. The third kappa shape index (κ3) is 3.52. The van der Waals surface area contributed by atoms with Crippen LogP contribution in [0.15, 0.2) is 6.20 Å².